The lowest BCUT2D eigenvalue weighted by Crippen LogP contribution is -2.16. The van der Waals surface area contributed by atoms with E-state index in [1.54, 1.807) is 0 Å². The van der Waals surface area contributed by atoms with Gasteiger partial charge in [-0.3, -0.25) is 9.89 Å². The Kier molecular flexibility index (Phi) is 7.13. The van der Waals surface area contributed by atoms with Crippen LogP contribution >= 0.6 is 15.9 Å². The molecule has 1 aromatic heterocycles. The molecule has 0 aliphatic heterocycles. The van der Waals surface area contributed by atoms with Gasteiger partial charge >= 0.3 is 5.97 Å². The van der Waals surface area contributed by atoms with Gasteiger partial charge in [-0.2, -0.15) is 0 Å². The predicted molar refractivity (Wildman–Crippen MR) is 110 cm³/mol. The van der Waals surface area contributed by atoms with Crippen LogP contribution in [0.3, 0.4) is 0 Å². The Bertz CT molecular complexity index is 782. The van der Waals surface area contributed by atoms with Crippen molar-refractivity contribution in [3.8, 4) is 17.1 Å². The van der Waals surface area contributed by atoms with Crippen molar-refractivity contribution in [3.05, 3.63) is 34.3 Å². The van der Waals surface area contributed by atoms with Gasteiger partial charge < -0.3 is 14.9 Å². The first-order valence-electron chi connectivity index (χ1n) is 9.77. The van der Waals surface area contributed by atoms with Crippen LogP contribution in [-0.4, -0.2) is 39.6 Å². The van der Waals surface area contributed by atoms with E-state index in [0.29, 0.717) is 30.7 Å². The number of H-pyrrole nitrogens is 1. The fraction of sp³-hybridized carbons (Fsp3) is 0.524. The lowest BCUT2D eigenvalue weighted by atomic mass is 9.77. The summed E-state index contributed by atoms with van der Waals surface area (Å²) in [6.07, 6.45) is 4.36. The van der Waals surface area contributed by atoms with Gasteiger partial charge in [-0.25, -0.2) is 0 Å². The number of benzene rings is 1. The Morgan fingerprint density at radius 2 is 1.96 bits per heavy atom. The second-order valence-electron chi connectivity index (χ2n) is 7.75. The lowest BCUT2D eigenvalue weighted by molar-refractivity contribution is -0.138. The Morgan fingerprint density at radius 1 is 1.29 bits per heavy atom. The highest BCUT2D eigenvalue weighted by atomic mass is 79.9. The predicted octanol–water partition coefficient (Wildman–Crippen LogP) is 4.59. The summed E-state index contributed by atoms with van der Waals surface area (Å²) in [5.41, 5.74) is 3.19. The van der Waals surface area contributed by atoms with Crippen LogP contribution in [0.2, 0.25) is 0 Å². The van der Waals surface area contributed by atoms with Gasteiger partial charge in [0.1, 0.15) is 4.47 Å². The maximum Gasteiger partial charge on any atom is 0.303 e. The van der Waals surface area contributed by atoms with Crippen LogP contribution in [-0.2, 0) is 4.79 Å². The fourth-order valence-electron chi connectivity index (χ4n) is 3.74. The third-order valence-electron chi connectivity index (χ3n) is 5.47. The van der Waals surface area contributed by atoms with E-state index in [1.807, 2.05) is 6.92 Å². The molecule has 3 rings (SSSR count). The number of halogens is 1. The molecule has 1 aliphatic carbocycles. The summed E-state index contributed by atoms with van der Waals surface area (Å²) < 4.78 is 6.43. The van der Waals surface area contributed by atoms with Crippen LogP contribution in [0.1, 0.15) is 50.5 Å². The number of aromatic nitrogens is 2. The van der Waals surface area contributed by atoms with E-state index in [-0.39, 0.29) is 12.5 Å². The second kappa shape index (κ2) is 9.56. The molecule has 0 spiro atoms. The molecule has 1 fully saturated rings. The molecule has 2 aromatic rings. The van der Waals surface area contributed by atoms with Gasteiger partial charge in [-0.15, -0.1) is 5.10 Å². The quantitative estimate of drug-likeness (QED) is 0.546. The van der Waals surface area contributed by atoms with Crippen molar-refractivity contribution in [1.82, 2.24) is 10.2 Å². The third kappa shape index (κ3) is 5.14. The third-order valence-corrected chi connectivity index (χ3v) is 6.21. The molecule has 1 atom stereocenters. The van der Waals surface area contributed by atoms with Gasteiger partial charge in [0.25, 0.3) is 0 Å². The summed E-state index contributed by atoms with van der Waals surface area (Å²) in [4.78, 5) is 10.9. The largest absolute Gasteiger partial charge is 0.481 e. The highest BCUT2D eigenvalue weighted by Crippen LogP contribution is 2.38. The number of aliphatic carboxylic acids is 1. The Hall–Kier alpha value is -1.86. The molecular weight excluding hydrogens is 424 g/mol. The summed E-state index contributed by atoms with van der Waals surface area (Å²) in [6, 6.07) is 8.46. The molecule has 1 aromatic carbocycles. The van der Waals surface area contributed by atoms with Crippen LogP contribution < -0.4 is 4.74 Å². The Balaban J connectivity index is 1.62. The minimum Gasteiger partial charge on any atom is -0.481 e. The van der Waals surface area contributed by atoms with E-state index >= 15 is 0 Å². The first-order valence-corrected chi connectivity index (χ1v) is 10.6. The van der Waals surface area contributed by atoms with Crippen LogP contribution in [0.4, 0.5) is 0 Å². The standard InChI is InChI=1S/C21H27BrN2O4/c1-13(11-25)12-28-21-19(22)20(23-24-21)17-8-6-16(7-9-17)15-4-2-14(3-5-15)10-18(26)27/h6-9,13-15,25H,2-5,10-12H2,1H3,(H,23,24)(H,26,27)/t13-,14?,15?/m1/s1. The maximum atomic E-state index is 10.9. The van der Waals surface area contributed by atoms with Crippen molar-refractivity contribution in [2.75, 3.05) is 13.2 Å². The molecule has 152 valence electrons. The minimum atomic E-state index is -0.688. The zero-order valence-corrected chi connectivity index (χ0v) is 17.6. The number of hydrogen-bond donors (Lipinski definition) is 3. The smallest absolute Gasteiger partial charge is 0.303 e. The number of nitrogens with zero attached hydrogens (tertiary/aromatic N) is 1. The van der Waals surface area contributed by atoms with Crippen molar-refractivity contribution < 1.29 is 19.7 Å². The van der Waals surface area contributed by atoms with Gasteiger partial charge in [0.15, 0.2) is 0 Å². The molecule has 6 nitrogen and oxygen atoms in total. The monoisotopic (exact) mass is 450 g/mol. The van der Waals surface area contributed by atoms with E-state index in [1.165, 1.54) is 5.56 Å². The van der Waals surface area contributed by atoms with E-state index in [9.17, 15) is 4.79 Å². The normalized spacial score (nSPS) is 20.7. The van der Waals surface area contributed by atoms with Crippen molar-refractivity contribution in [2.24, 2.45) is 11.8 Å². The molecule has 28 heavy (non-hydrogen) atoms. The van der Waals surface area contributed by atoms with Crippen LogP contribution in [0.5, 0.6) is 5.88 Å². The maximum absolute atomic E-state index is 10.9. The molecule has 3 N–H and O–H groups in total. The van der Waals surface area contributed by atoms with Gasteiger partial charge in [0.2, 0.25) is 5.88 Å². The lowest BCUT2D eigenvalue weighted by Gasteiger charge is -2.28. The van der Waals surface area contributed by atoms with Crippen LogP contribution in [0.15, 0.2) is 28.7 Å². The van der Waals surface area contributed by atoms with Crippen LogP contribution in [0.25, 0.3) is 11.3 Å². The number of carboxylic acids is 1. The highest BCUT2D eigenvalue weighted by Gasteiger charge is 2.24. The summed E-state index contributed by atoms with van der Waals surface area (Å²) in [7, 11) is 0. The summed E-state index contributed by atoms with van der Waals surface area (Å²) >= 11 is 3.55. The molecule has 0 unspecified atom stereocenters. The van der Waals surface area contributed by atoms with Gasteiger partial charge in [-0.05, 0) is 59.0 Å². The van der Waals surface area contributed by atoms with Crippen molar-refractivity contribution >= 4 is 21.9 Å². The number of carbonyl (C=O) groups is 1. The number of aliphatic hydroxyl groups excluding tert-OH is 1. The molecule has 1 aliphatic rings. The molecule has 1 saturated carbocycles. The topological polar surface area (TPSA) is 95.4 Å². The van der Waals surface area contributed by atoms with Gasteiger partial charge in [0, 0.05) is 24.5 Å². The Morgan fingerprint density at radius 3 is 2.57 bits per heavy atom. The van der Waals surface area contributed by atoms with Gasteiger partial charge in [0.05, 0.1) is 12.3 Å². The van der Waals surface area contributed by atoms with E-state index in [0.717, 1.165) is 41.4 Å². The average molecular weight is 451 g/mol. The van der Waals surface area contributed by atoms with E-state index in [4.69, 9.17) is 14.9 Å². The summed E-state index contributed by atoms with van der Waals surface area (Å²) in [5.74, 6) is 0.685. The molecule has 0 amide bonds. The summed E-state index contributed by atoms with van der Waals surface area (Å²) in [6.45, 7) is 2.40. The average Bonchev–Trinajstić information content (AvgIpc) is 3.07. The Labute approximate surface area is 173 Å². The number of carboxylic acid groups (broad SMARTS) is 1. The number of rotatable bonds is 8. The van der Waals surface area contributed by atoms with Gasteiger partial charge in [-0.1, -0.05) is 31.2 Å². The fourth-order valence-corrected chi connectivity index (χ4v) is 4.26. The molecule has 7 heteroatoms. The number of hydrogen-bond acceptors (Lipinski definition) is 4. The van der Waals surface area contributed by atoms with E-state index < -0.39 is 5.97 Å². The zero-order chi connectivity index (χ0) is 20.1. The number of aliphatic hydroxyl groups is 1. The number of nitrogens with one attached hydrogen (secondary N) is 1. The van der Waals surface area contributed by atoms with Crippen molar-refractivity contribution in [1.29, 1.82) is 0 Å². The van der Waals surface area contributed by atoms with E-state index in [2.05, 4.69) is 50.4 Å². The SMILES string of the molecule is C[C@H](CO)COc1n[nH]c(-c2ccc(C3CCC(CC(=O)O)CC3)cc2)c1Br. The molecule has 0 radical (unpaired) electrons. The first-order chi connectivity index (χ1) is 13.5. The molecule has 1 heterocycles. The summed E-state index contributed by atoms with van der Waals surface area (Å²) in [5, 5.41) is 25.3. The zero-order valence-electron chi connectivity index (χ0n) is 16.0. The highest BCUT2D eigenvalue weighted by molar-refractivity contribution is 9.10. The first kappa shape index (κ1) is 20.9. The van der Waals surface area contributed by atoms with Crippen LogP contribution in [0, 0.1) is 11.8 Å². The second-order valence-corrected chi connectivity index (χ2v) is 8.55. The number of aromatic amines is 1. The molecular formula is C21H27BrN2O4. The molecule has 0 bridgehead atoms. The molecule has 0 saturated heterocycles. The van der Waals surface area contributed by atoms with Crippen molar-refractivity contribution in [2.45, 2.75) is 44.9 Å². The van der Waals surface area contributed by atoms with Crippen molar-refractivity contribution in [3.63, 3.8) is 0 Å². The minimum absolute atomic E-state index is 0.0527. The number of ether oxygens (including phenoxy) is 1.